The molecule has 0 aliphatic carbocycles. The number of rotatable bonds is 4. The number of alkyl halides is 1. The summed E-state index contributed by atoms with van der Waals surface area (Å²) >= 11 is 6.21. The average Bonchev–Trinajstić information content (AvgIpc) is 2.38. The topological polar surface area (TPSA) is 15.3 Å². The Morgan fingerprint density at radius 1 is 1.28 bits per heavy atom. The maximum atomic E-state index is 12.7. The lowest BCUT2D eigenvalue weighted by Crippen LogP contribution is -2.45. The van der Waals surface area contributed by atoms with Gasteiger partial charge in [0.15, 0.2) is 0 Å². The second kappa shape index (κ2) is 7.95. The average molecular weight is 293 g/mol. The molecule has 5 heteroatoms. The van der Waals surface area contributed by atoms with Gasteiger partial charge in [-0.2, -0.15) is 0 Å². The lowest BCUT2D eigenvalue weighted by molar-refractivity contribution is 0.157. The number of halogens is 3. The monoisotopic (exact) mass is 292 g/mol. The zero-order chi connectivity index (χ0) is 12.1. The highest BCUT2D eigenvalue weighted by Crippen LogP contribution is 2.30. The van der Waals surface area contributed by atoms with E-state index in [-0.39, 0.29) is 25.1 Å². The first kappa shape index (κ1) is 15.7. The third-order valence-electron chi connectivity index (χ3n) is 3.24. The van der Waals surface area contributed by atoms with Gasteiger partial charge in [-0.05, 0) is 18.1 Å². The number of nitrogens with one attached hydrogen (secondary N) is 1. The molecule has 1 fully saturated rings. The van der Waals surface area contributed by atoms with Crippen molar-refractivity contribution in [2.24, 2.45) is 0 Å². The first-order valence-electron chi connectivity index (χ1n) is 6.08. The van der Waals surface area contributed by atoms with Crippen LogP contribution in [0, 0.1) is 0 Å². The summed E-state index contributed by atoms with van der Waals surface area (Å²) in [5.74, 6) is 0. The minimum atomic E-state index is -0.306. The minimum absolute atomic E-state index is 0. The molecule has 0 radical (unpaired) electrons. The molecule has 1 aromatic carbocycles. The van der Waals surface area contributed by atoms with E-state index in [1.165, 1.54) is 0 Å². The molecule has 18 heavy (non-hydrogen) atoms. The number of nitrogens with zero attached hydrogens (tertiary/aromatic N) is 1. The highest BCUT2D eigenvalue weighted by molar-refractivity contribution is 6.31. The maximum Gasteiger partial charge on any atom is 0.0912 e. The fourth-order valence-corrected chi connectivity index (χ4v) is 2.64. The van der Waals surface area contributed by atoms with Gasteiger partial charge in [-0.15, -0.1) is 12.4 Å². The lowest BCUT2D eigenvalue weighted by Gasteiger charge is -2.35. The van der Waals surface area contributed by atoms with Crippen molar-refractivity contribution in [1.29, 1.82) is 0 Å². The maximum absolute atomic E-state index is 12.7. The predicted octanol–water partition coefficient (Wildman–Crippen LogP) is 3.07. The standard InChI is InChI=1S/C13H18ClFN2.ClH/c14-12-4-2-1-3-11(12)13(5-6-15)17-9-7-16-8-10-17;/h1-4,13,16H,5-10H2;1H/t13-;/m0./s1. The van der Waals surface area contributed by atoms with E-state index in [2.05, 4.69) is 10.2 Å². The molecule has 1 aliphatic heterocycles. The van der Waals surface area contributed by atoms with Crippen LogP contribution in [0.15, 0.2) is 24.3 Å². The Balaban J connectivity index is 0.00000162. The van der Waals surface area contributed by atoms with Crippen LogP contribution in [-0.4, -0.2) is 37.8 Å². The number of piperazine rings is 1. The molecule has 2 nitrogen and oxygen atoms in total. The van der Waals surface area contributed by atoms with E-state index >= 15 is 0 Å². The summed E-state index contributed by atoms with van der Waals surface area (Å²) in [5, 5.41) is 4.05. The summed E-state index contributed by atoms with van der Waals surface area (Å²) < 4.78 is 12.7. The molecule has 1 aliphatic rings. The van der Waals surface area contributed by atoms with Gasteiger partial charge in [-0.3, -0.25) is 9.29 Å². The van der Waals surface area contributed by atoms with Crippen LogP contribution in [-0.2, 0) is 0 Å². The summed E-state index contributed by atoms with van der Waals surface area (Å²) in [5.41, 5.74) is 1.05. The normalized spacial score (nSPS) is 18.1. The first-order chi connectivity index (χ1) is 8.33. The quantitative estimate of drug-likeness (QED) is 0.918. The Labute approximate surface area is 119 Å². The van der Waals surface area contributed by atoms with E-state index in [9.17, 15) is 4.39 Å². The molecule has 0 saturated carbocycles. The van der Waals surface area contributed by atoms with Crippen molar-refractivity contribution in [3.8, 4) is 0 Å². The van der Waals surface area contributed by atoms with Crippen LogP contribution in [0.5, 0.6) is 0 Å². The van der Waals surface area contributed by atoms with Crippen molar-refractivity contribution < 1.29 is 4.39 Å². The Morgan fingerprint density at radius 3 is 2.56 bits per heavy atom. The number of hydrogen-bond donors (Lipinski definition) is 1. The Morgan fingerprint density at radius 2 is 1.94 bits per heavy atom. The second-order valence-electron chi connectivity index (χ2n) is 4.30. The summed E-state index contributed by atoms with van der Waals surface area (Å²) in [6.07, 6.45) is 0.518. The SMILES string of the molecule is Cl.FCC[C@@H](c1ccccc1Cl)N1CCNCC1. The molecule has 0 aromatic heterocycles. The fraction of sp³-hybridized carbons (Fsp3) is 0.538. The van der Waals surface area contributed by atoms with Crippen molar-refractivity contribution in [3.05, 3.63) is 34.9 Å². The van der Waals surface area contributed by atoms with E-state index in [1.807, 2.05) is 24.3 Å². The number of benzene rings is 1. The minimum Gasteiger partial charge on any atom is -0.314 e. The summed E-state index contributed by atoms with van der Waals surface area (Å²) in [6, 6.07) is 7.87. The lowest BCUT2D eigenvalue weighted by atomic mass is 10.0. The van der Waals surface area contributed by atoms with Crippen molar-refractivity contribution in [1.82, 2.24) is 10.2 Å². The molecule has 1 saturated heterocycles. The fourth-order valence-electron chi connectivity index (χ4n) is 2.38. The largest absolute Gasteiger partial charge is 0.314 e. The van der Waals surface area contributed by atoms with E-state index in [4.69, 9.17) is 11.6 Å². The highest BCUT2D eigenvalue weighted by atomic mass is 35.5. The molecule has 1 atom stereocenters. The van der Waals surface area contributed by atoms with Crippen molar-refractivity contribution in [2.75, 3.05) is 32.9 Å². The van der Waals surface area contributed by atoms with Crippen LogP contribution < -0.4 is 5.32 Å². The van der Waals surface area contributed by atoms with Gasteiger partial charge in [0.2, 0.25) is 0 Å². The van der Waals surface area contributed by atoms with Gasteiger partial charge >= 0.3 is 0 Å². The Bertz CT molecular complexity index is 357. The van der Waals surface area contributed by atoms with Crippen LogP contribution in [0.25, 0.3) is 0 Å². The predicted molar refractivity (Wildman–Crippen MR) is 76.5 cm³/mol. The van der Waals surface area contributed by atoms with Gasteiger partial charge < -0.3 is 5.32 Å². The van der Waals surface area contributed by atoms with Gasteiger partial charge in [-0.1, -0.05) is 29.8 Å². The second-order valence-corrected chi connectivity index (χ2v) is 4.71. The molecule has 0 amide bonds. The van der Waals surface area contributed by atoms with Crippen LogP contribution in [0.4, 0.5) is 4.39 Å². The van der Waals surface area contributed by atoms with Crippen molar-refractivity contribution in [3.63, 3.8) is 0 Å². The molecule has 1 heterocycles. The molecule has 1 aromatic rings. The zero-order valence-corrected chi connectivity index (χ0v) is 11.8. The van der Waals surface area contributed by atoms with Gasteiger partial charge in [0.25, 0.3) is 0 Å². The molecular formula is C13H19Cl2FN2. The van der Waals surface area contributed by atoms with Gasteiger partial charge in [0.1, 0.15) is 0 Å². The van der Waals surface area contributed by atoms with Crippen LogP contribution in [0.2, 0.25) is 5.02 Å². The van der Waals surface area contributed by atoms with E-state index in [0.717, 1.165) is 36.8 Å². The summed E-state index contributed by atoms with van der Waals surface area (Å²) in [4.78, 5) is 2.32. The Kier molecular flexibility index (Phi) is 6.94. The summed E-state index contributed by atoms with van der Waals surface area (Å²) in [6.45, 7) is 3.53. The highest BCUT2D eigenvalue weighted by Gasteiger charge is 2.23. The van der Waals surface area contributed by atoms with E-state index in [1.54, 1.807) is 0 Å². The third kappa shape index (κ3) is 3.82. The molecule has 0 bridgehead atoms. The van der Waals surface area contributed by atoms with Crippen LogP contribution in [0.1, 0.15) is 18.0 Å². The van der Waals surface area contributed by atoms with Gasteiger partial charge in [0.05, 0.1) is 6.67 Å². The van der Waals surface area contributed by atoms with Crippen LogP contribution in [0.3, 0.4) is 0 Å². The van der Waals surface area contributed by atoms with E-state index < -0.39 is 0 Å². The zero-order valence-electron chi connectivity index (χ0n) is 10.2. The summed E-state index contributed by atoms with van der Waals surface area (Å²) in [7, 11) is 0. The molecular weight excluding hydrogens is 274 g/mol. The smallest absolute Gasteiger partial charge is 0.0912 e. The molecule has 0 unspecified atom stereocenters. The molecule has 0 spiro atoms. The van der Waals surface area contributed by atoms with Gasteiger partial charge in [0, 0.05) is 37.2 Å². The number of hydrogen-bond acceptors (Lipinski definition) is 2. The Hall–Kier alpha value is -0.350. The van der Waals surface area contributed by atoms with Gasteiger partial charge in [-0.25, -0.2) is 0 Å². The van der Waals surface area contributed by atoms with E-state index in [0.29, 0.717) is 6.42 Å². The first-order valence-corrected chi connectivity index (χ1v) is 6.46. The molecule has 1 N–H and O–H groups in total. The van der Waals surface area contributed by atoms with Crippen molar-refractivity contribution in [2.45, 2.75) is 12.5 Å². The molecule has 2 rings (SSSR count). The molecule has 102 valence electrons. The third-order valence-corrected chi connectivity index (χ3v) is 3.58. The van der Waals surface area contributed by atoms with Crippen LogP contribution >= 0.6 is 24.0 Å². The van der Waals surface area contributed by atoms with Crippen molar-refractivity contribution >= 4 is 24.0 Å².